The Balaban J connectivity index is 1.74. The van der Waals surface area contributed by atoms with E-state index in [1.54, 1.807) is 19.1 Å². The molecule has 0 fully saturated rings. The molecular weight excluding hydrogens is 320 g/mol. The Morgan fingerprint density at radius 2 is 2.00 bits per heavy atom. The average molecular weight is 338 g/mol. The monoisotopic (exact) mass is 338 g/mol. The second-order valence-corrected chi connectivity index (χ2v) is 5.30. The fraction of sp³-hybridized carbons (Fsp3) is 0.211. The molecule has 2 aromatic rings. The number of nitro groups is 1. The molecule has 0 aliphatic rings. The van der Waals surface area contributed by atoms with Crippen molar-refractivity contribution in [2.75, 3.05) is 6.54 Å². The summed E-state index contributed by atoms with van der Waals surface area (Å²) in [7, 11) is 0. The summed E-state index contributed by atoms with van der Waals surface area (Å²) in [6, 6.07) is 14.2. The predicted octanol–water partition coefficient (Wildman–Crippen LogP) is 3.57. The highest BCUT2D eigenvalue weighted by atomic mass is 16.6. The number of benzene rings is 2. The van der Waals surface area contributed by atoms with Gasteiger partial charge in [0.2, 0.25) is 0 Å². The molecule has 2 aromatic carbocycles. The van der Waals surface area contributed by atoms with Crippen molar-refractivity contribution in [3.05, 3.63) is 75.3 Å². The lowest BCUT2D eigenvalue weighted by molar-refractivity contribution is -0.385. The molecule has 0 radical (unpaired) electrons. The molecule has 25 heavy (non-hydrogen) atoms. The van der Waals surface area contributed by atoms with Gasteiger partial charge in [-0.05, 0) is 18.6 Å². The predicted molar refractivity (Wildman–Crippen MR) is 94.0 cm³/mol. The van der Waals surface area contributed by atoms with Crippen LogP contribution in [0.3, 0.4) is 0 Å². The molecule has 0 atom stereocenters. The van der Waals surface area contributed by atoms with Crippen molar-refractivity contribution in [3.8, 4) is 11.8 Å². The summed E-state index contributed by atoms with van der Waals surface area (Å²) in [5, 5.41) is 13.5. The number of nitro benzene ring substituents is 1. The van der Waals surface area contributed by atoms with Gasteiger partial charge in [0.05, 0.1) is 4.92 Å². The molecule has 6 heteroatoms. The van der Waals surface area contributed by atoms with Gasteiger partial charge < -0.3 is 10.1 Å². The highest BCUT2D eigenvalue weighted by molar-refractivity contribution is 5.67. The van der Waals surface area contributed by atoms with Gasteiger partial charge in [-0.15, -0.1) is 0 Å². The first kappa shape index (κ1) is 18.0. The lowest BCUT2D eigenvalue weighted by atomic mass is 10.1. The normalized spacial score (nSPS) is 9.64. The smallest absolute Gasteiger partial charge is 0.407 e. The van der Waals surface area contributed by atoms with E-state index in [2.05, 4.69) is 17.2 Å². The van der Waals surface area contributed by atoms with E-state index in [0.29, 0.717) is 24.1 Å². The van der Waals surface area contributed by atoms with E-state index in [1.165, 1.54) is 6.07 Å². The van der Waals surface area contributed by atoms with Gasteiger partial charge >= 0.3 is 6.09 Å². The lowest BCUT2D eigenvalue weighted by Gasteiger charge is -2.05. The molecular formula is C19H18N2O4. The third-order valence-electron chi connectivity index (χ3n) is 3.37. The summed E-state index contributed by atoms with van der Waals surface area (Å²) in [6.07, 6.45) is -0.0844. The van der Waals surface area contributed by atoms with E-state index in [1.807, 2.05) is 30.3 Å². The minimum absolute atomic E-state index is 0.0504. The van der Waals surface area contributed by atoms with E-state index < -0.39 is 11.0 Å². The number of nitrogens with zero attached hydrogens (tertiary/aromatic N) is 1. The van der Waals surface area contributed by atoms with Crippen LogP contribution in [0.15, 0.2) is 48.5 Å². The second kappa shape index (κ2) is 9.08. The van der Waals surface area contributed by atoms with Gasteiger partial charge in [-0.3, -0.25) is 10.1 Å². The summed E-state index contributed by atoms with van der Waals surface area (Å²) in [5.74, 6) is 5.73. The summed E-state index contributed by atoms with van der Waals surface area (Å²) < 4.78 is 5.07. The Labute approximate surface area is 146 Å². The highest BCUT2D eigenvalue weighted by Crippen LogP contribution is 2.18. The third kappa shape index (κ3) is 5.99. The van der Waals surface area contributed by atoms with Crippen molar-refractivity contribution in [2.45, 2.75) is 20.0 Å². The SMILES string of the molecule is Cc1ccc(C#CCCNC(=O)OCc2ccccc2)cc1[N+](=O)[O-]. The van der Waals surface area contributed by atoms with Crippen molar-refractivity contribution in [1.29, 1.82) is 0 Å². The molecule has 0 unspecified atom stereocenters. The molecule has 0 heterocycles. The van der Waals surface area contributed by atoms with Crippen LogP contribution < -0.4 is 5.32 Å². The molecule has 0 aliphatic heterocycles. The fourth-order valence-corrected chi connectivity index (χ4v) is 2.05. The Morgan fingerprint density at radius 1 is 1.24 bits per heavy atom. The first-order valence-electron chi connectivity index (χ1n) is 7.75. The van der Waals surface area contributed by atoms with Crippen LogP contribution in [-0.2, 0) is 11.3 Å². The first-order chi connectivity index (χ1) is 12.1. The molecule has 0 aliphatic carbocycles. The molecule has 0 aromatic heterocycles. The number of carbonyl (C=O) groups excluding carboxylic acids is 1. The molecule has 2 rings (SSSR count). The van der Waals surface area contributed by atoms with E-state index in [4.69, 9.17) is 4.74 Å². The largest absolute Gasteiger partial charge is 0.445 e. The number of hydrogen-bond acceptors (Lipinski definition) is 4. The summed E-state index contributed by atoms with van der Waals surface area (Å²) in [6.45, 7) is 2.24. The standard InChI is InChI=1S/C19H18N2O4/c1-15-10-11-16(13-18(15)21(23)24)7-5-6-12-20-19(22)25-14-17-8-3-2-4-9-17/h2-4,8-11,13H,6,12,14H2,1H3,(H,20,22). The van der Waals surface area contributed by atoms with E-state index in [-0.39, 0.29) is 12.3 Å². The molecule has 0 saturated heterocycles. The second-order valence-electron chi connectivity index (χ2n) is 5.30. The van der Waals surface area contributed by atoms with E-state index >= 15 is 0 Å². The number of aryl methyl sites for hydroxylation is 1. The third-order valence-corrected chi connectivity index (χ3v) is 3.37. The summed E-state index contributed by atoms with van der Waals surface area (Å²) >= 11 is 0. The fourth-order valence-electron chi connectivity index (χ4n) is 2.05. The topological polar surface area (TPSA) is 81.5 Å². The van der Waals surface area contributed by atoms with Crippen LogP contribution in [0.5, 0.6) is 0 Å². The average Bonchev–Trinajstić information content (AvgIpc) is 2.61. The van der Waals surface area contributed by atoms with Crippen molar-refractivity contribution in [1.82, 2.24) is 5.32 Å². The highest BCUT2D eigenvalue weighted by Gasteiger charge is 2.09. The zero-order valence-electron chi connectivity index (χ0n) is 13.8. The maximum atomic E-state index is 11.6. The number of amides is 1. The zero-order chi connectivity index (χ0) is 18.1. The number of carbonyl (C=O) groups is 1. The number of nitrogens with one attached hydrogen (secondary N) is 1. The van der Waals surface area contributed by atoms with Crippen LogP contribution in [-0.4, -0.2) is 17.6 Å². The van der Waals surface area contributed by atoms with Gasteiger partial charge in [0.25, 0.3) is 5.69 Å². The van der Waals surface area contributed by atoms with Crippen LogP contribution in [0, 0.1) is 28.9 Å². The van der Waals surface area contributed by atoms with E-state index in [9.17, 15) is 14.9 Å². The van der Waals surface area contributed by atoms with Crippen molar-refractivity contribution in [3.63, 3.8) is 0 Å². The zero-order valence-corrected chi connectivity index (χ0v) is 13.8. The van der Waals surface area contributed by atoms with Gasteiger partial charge in [0, 0.05) is 30.2 Å². The Hall–Kier alpha value is -3.33. The summed E-state index contributed by atoms with van der Waals surface area (Å²) in [4.78, 5) is 22.0. The van der Waals surface area contributed by atoms with Gasteiger partial charge in [0.15, 0.2) is 0 Å². The van der Waals surface area contributed by atoms with Gasteiger partial charge in [-0.25, -0.2) is 4.79 Å². The minimum Gasteiger partial charge on any atom is -0.445 e. The Kier molecular flexibility index (Phi) is 6.55. The maximum Gasteiger partial charge on any atom is 0.407 e. The number of hydrogen-bond donors (Lipinski definition) is 1. The van der Waals surface area contributed by atoms with Gasteiger partial charge in [-0.1, -0.05) is 48.2 Å². The quantitative estimate of drug-likeness (QED) is 0.391. The number of rotatable bonds is 5. The van der Waals surface area contributed by atoms with Crippen molar-refractivity contribution in [2.24, 2.45) is 0 Å². The molecule has 0 bridgehead atoms. The van der Waals surface area contributed by atoms with Gasteiger partial charge in [0.1, 0.15) is 6.61 Å². The molecule has 128 valence electrons. The first-order valence-corrected chi connectivity index (χ1v) is 7.75. The Morgan fingerprint density at radius 3 is 2.72 bits per heavy atom. The molecule has 1 N–H and O–H groups in total. The molecule has 6 nitrogen and oxygen atoms in total. The van der Waals surface area contributed by atoms with Crippen molar-refractivity contribution < 1.29 is 14.5 Å². The van der Waals surface area contributed by atoms with Gasteiger partial charge in [-0.2, -0.15) is 0 Å². The molecule has 0 saturated carbocycles. The van der Waals surface area contributed by atoms with Crippen LogP contribution in [0.2, 0.25) is 0 Å². The van der Waals surface area contributed by atoms with Crippen molar-refractivity contribution >= 4 is 11.8 Å². The lowest BCUT2D eigenvalue weighted by Crippen LogP contribution is -2.24. The minimum atomic E-state index is -0.503. The van der Waals surface area contributed by atoms with Crippen LogP contribution in [0.25, 0.3) is 0 Å². The number of alkyl carbamates (subject to hydrolysis) is 1. The maximum absolute atomic E-state index is 11.6. The van der Waals surface area contributed by atoms with E-state index in [0.717, 1.165) is 5.56 Å². The number of ether oxygens (including phenoxy) is 1. The molecule has 1 amide bonds. The van der Waals surface area contributed by atoms with Crippen LogP contribution in [0.1, 0.15) is 23.1 Å². The van der Waals surface area contributed by atoms with Crippen LogP contribution in [0.4, 0.5) is 10.5 Å². The summed E-state index contributed by atoms with van der Waals surface area (Å²) in [5.41, 5.74) is 2.13. The Bertz CT molecular complexity index is 807. The molecule has 0 spiro atoms. The van der Waals surface area contributed by atoms with Crippen LogP contribution >= 0.6 is 0 Å².